The first-order chi connectivity index (χ1) is 14.7. The van der Waals surface area contributed by atoms with Gasteiger partial charge in [0.1, 0.15) is 5.82 Å². The van der Waals surface area contributed by atoms with Gasteiger partial charge in [0, 0.05) is 35.5 Å². The van der Waals surface area contributed by atoms with Gasteiger partial charge in [0.05, 0.1) is 22.5 Å². The molecule has 7 heteroatoms. The zero-order valence-corrected chi connectivity index (χ0v) is 17.3. The van der Waals surface area contributed by atoms with E-state index in [9.17, 15) is 20.2 Å². The quantitative estimate of drug-likeness (QED) is 0.583. The predicted molar refractivity (Wildman–Crippen MR) is 117 cm³/mol. The SMILES string of the molecule is CC1(C)CC(=O)C2=C(C1)N(c1ccccc1)C(N)=C(C#N)C2c1ccc([N+](=O)[O-])cc1. The first-order valence-electron chi connectivity index (χ1n) is 9.99. The van der Waals surface area contributed by atoms with Gasteiger partial charge in [0.25, 0.3) is 5.69 Å². The molecule has 1 unspecified atom stereocenters. The maximum atomic E-state index is 13.4. The van der Waals surface area contributed by atoms with Crippen molar-refractivity contribution < 1.29 is 9.72 Å². The smallest absolute Gasteiger partial charge is 0.269 e. The number of para-hydroxylation sites is 1. The highest BCUT2D eigenvalue weighted by atomic mass is 16.6. The maximum absolute atomic E-state index is 13.4. The van der Waals surface area contributed by atoms with Crippen molar-refractivity contribution in [3.63, 3.8) is 0 Å². The molecule has 156 valence electrons. The number of nitriles is 1. The summed E-state index contributed by atoms with van der Waals surface area (Å²) in [7, 11) is 0. The molecule has 2 aliphatic rings. The van der Waals surface area contributed by atoms with Gasteiger partial charge in [-0.1, -0.05) is 44.2 Å². The van der Waals surface area contributed by atoms with Crippen molar-refractivity contribution in [1.82, 2.24) is 0 Å². The van der Waals surface area contributed by atoms with Crippen molar-refractivity contribution in [2.75, 3.05) is 4.90 Å². The average Bonchev–Trinajstić information content (AvgIpc) is 2.73. The number of hydrogen-bond acceptors (Lipinski definition) is 6. The fourth-order valence-electron chi connectivity index (χ4n) is 4.50. The second-order valence-electron chi connectivity index (χ2n) is 8.66. The zero-order chi connectivity index (χ0) is 22.3. The van der Waals surface area contributed by atoms with E-state index in [0.29, 0.717) is 24.0 Å². The number of ketones is 1. The number of hydrogen-bond donors (Lipinski definition) is 1. The molecule has 7 nitrogen and oxygen atoms in total. The molecule has 1 aliphatic carbocycles. The van der Waals surface area contributed by atoms with Crippen molar-refractivity contribution in [1.29, 1.82) is 5.26 Å². The molecule has 1 heterocycles. The molecule has 0 radical (unpaired) electrons. The summed E-state index contributed by atoms with van der Waals surface area (Å²) in [5, 5.41) is 21.1. The number of carbonyl (C=O) groups excluding carboxylic acids is 1. The van der Waals surface area contributed by atoms with E-state index >= 15 is 0 Å². The molecule has 0 spiro atoms. The van der Waals surface area contributed by atoms with Crippen LogP contribution in [0.1, 0.15) is 38.2 Å². The number of allylic oxidation sites excluding steroid dienone is 3. The van der Waals surface area contributed by atoms with Gasteiger partial charge in [-0.3, -0.25) is 19.8 Å². The van der Waals surface area contributed by atoms with E-state index in [0.717, 1.165) is 11.4 Å². The molecule has 0 fully saturated rings. The summed E-state index contributed by atoms with van der Waals surface area (Å²) in [6.07, 6.45) is 0.975. The molecule has 2 aromatic rings. The van der Waals surface area contributed by atoms with Crippen LogP contribution in [0.25, 0.3) is 0 Å². The Balaban J connectivity index is 1.96. The number of nitrogens with two attached hydrogens (primary N) is 1. The summed E-state index contributed by atoms with van der Waals surface area (Å²) in [5.74, 6) is -0.401. The number of rotatable bonds is 3. The normalized spacial score (nSPS) is 20.4. The average molecular weight is 414 g/mol. The van der Waals surface area contributed by atoms with Gasteiger partial charge in [-0.15, -0.1) is 0 Å². The van der Waals surface area contributed by atoms with E-state index in [1.54, 1.807) is 12.1 Å². The van der Waals surface area contributed by atoms with Gasteiger partial charge in [0.2, 0.25) is 0 Å². The lowest BCUT2D eigenvalue weighted by Gasteiger charge is -2.43. The first-order valence-corrected chi connectivity index (χ1v) is 9.99. The van der Waals surface area contributed by atoms with Crippen LogP contribution in [0.4, 0.5) is 11.4 Å². The van der Waals surface area contributed by atoms with Crippen molar-refractivity contribution in [2.45, 2.75) is 32.6 Å². The van der Waals surface area contributed by atoms with E-state index in [2.05, 4.69) is 6.07 Å². The predicted octanol–water partition coefficient (Wildman–Crippen LogP) is 4.54. The van der Waals surface area contributed by atoms with E-state index in [1.165, 1.54) is 12.1 Å². The number of carbonyl (C=O) groups is 1. The Morgan fingerprint density at radius 1 is 1.13 bits per heavy atom. The highest BCUT2D eigenvalue weighted by Gasteiger charge is 2.44. The molecule has 4 rings (SSSR count). The van der Waals surface area contributed by atoms with Crippen LogP contribution in [-0.4, -0.2) is 10.7 Å². The third-order valence-corrected chi connectivity index (χ3v) is 5.83. The van der Waals surface area contributed by atoms with Crippen LogP contribution in [0.15, 0.2) is 77.3 Å². The molecule has 0 saturated carbocycles. The Labute approximate surface area is 180 Å². The van der Waals surface area contributed by atoms with Crippen molar-refractivity contribution in [2.24, 2.45) is 11.1 Å². The van der Waals surface area contributed by atoms with Crippen LogP contribution in [0.5, 0.6) is 0 Å². The molecule has 0 saturated heterocycles. The fraction of sp³-hybridized carbons (Fsp3) is 0.250. The second-order valence-corrected chi connectivity index (χ2v) is 8.66. The van der Waals surface area contributed by atoms with Crippen molar-refractivity contribution >= 4 is 17.2 Å². The minimum atomic E-state index is -0.649. The molecule has 31 heavy (non-hydrogen) atoms. The van der Waals surface area contributed by atoms with Gasteiger partial charge >= 0.3 is 0 Å². The Hall–Kier alpha value is -3.92. The summed E-state index contributed by atoms with van der Waals surface area (Å²) < 4.78 is 0. The number of nitro benzene ring substituents is 1. The summed E-state index contributed by atoms with van der Waals surface area (Å²) in [4.78, 5) is 25.8. The Morgan fingerprint density at radius 2 is 1.77 bits per heavy atom. The fourth-order valence-corrected chi connectivity index (χ4v) is 4.50. The molecule has 2 aromatic carbocycles. The van der Waals surface area contributed by atoms with Crippen LogP contribution in [-0.2, 0) is 4.79 Å². The highest BCUT2D eigenvalue weighted by Crippen LogP contribution is 2.50. The summed E-state index contributed by atoms with van der Waals surface area (Å²) in [5.41, 5.74) is 9.26. The van der Waals surface area contributed by atoms with Crippen LogP contribution in [0.3, 0.4) is 0 Å². The van der Waals surface area contributed by atoms with Gasteiger partial charge < -0.3 is 5.73 Å². The van der Waals surface area contributed by atoms with Gasteiger partial charge in [-0.05, 0) is 29.5 Å². The Morgan fingerprint density at radius 3 is 2.35 bits per heavy atom. The number of anilines is 1. The van der Waals surface area contributed by atoms with Crippen LogP contribution < -0.4 is 10.6 Å². The standard InChI is InChI=1S/C24H22N4O3/c1-24(2)12-19-22(20(29)13-24)21(15-8-10-17(11-9-15)28(30)31)18(14-25)23(26)27(19)16-6-4-3-5-7-16/h3-11,21H,12-13,26H2,1-2H3. The lowest BCUT2D eigenvalue weighted by Crippen LogP contribution is -2.42. The highest BCUT2D eigenvalue weighted by molar-refractivity contribution is 6.01. The molecule has 1 atom stereocenters. The molecular formula is C24H22N4O3. The molecule has 0 amide bonds. The third kappa shape index (κ3) is 3.46. The molecule has 0 aromatic heterocycles. The Kier molecular flexibility index (Phi) is 4.86. The lowest BCUT2D eigenvalue weighted by atomic mass is 9.68. The monoisotopic (exact) mass is 414 g/mol. The summed E-state index contributed by atoms with van der Waals surface area (Å²) >= 11 is 0. The van der Waals surface area contributed by atoms with Gasteiger partial charge in [-0.2, -0.15) is 5.26 Å². The van der Waals surface area contributed by atoms with Crippen LogP contribution >= 0.6 is 0 Å². The first kappa shape index (κ1) is 20.4. The topological polar surface area (TPSA) is 113 Å². The maximum Gasteiger partial charge on any atom is 0.269 e. The summed E-state index contributed by atoms with van der Waals surface area (Å²) in [6, 6.07) is 17.6. The zero-order valence-electron chi connectivity index (χ0n) is 17.3. The number of nitro groups is 1. The number of benzene rings is 2. The molecular weight excluding hydrogens is 392 g/mol. The van der Waals surface area contributed by atoms with E-state index < -0.39 is 10.8 Å². The van der Waals surface area contributed by atoms with E-state index in [-0.39, 0.29) is 28.3 Å². The van der Waals surface area contributed by atoms with Crippen LogP contribution in [0, 0.1) is 26.9 Å². The van der Waals surface area contributed by atoms with Crippen molar-refractivity contribution in [3.05, 3.63) is 92.9 Å². The number of non-ortho nitro benzene ring substituents is 1. The molecule has 2 N–H and O–H groups in total. The number of nitrogens with zero attached hydrogens (tertiary/aromatic N) is 3. The van der Waals surface area contributed by atoms with Gasteiger partial charge in [0.15, 0.2) is 5.78 Å². The third-order valence-electron chi connectivity index (χ3n) is 5.83. The Bertz CT molecular complexity index is 1170. The molecule has 1 aliphatic heterocycles. The largest absolute Gasteiger partial charge is 0.384 e. The minimum absolute atomic E-state index is 0.0317. The van der Waals surface area contributed by atoms with Crippen molar-refractivity contribution in [3.8, 4) is 6.07 Å². The number of Topliss-reactive ketones (excluding diaryl/α,β-unsaturated/α-hetero) is 1. The summed E-state index contributed by atoms with van der Waals surface area (Å²) in [6.45, 7) is 4.08. The van der Waals surface area contributed by atoms with Crippen LogP contribution in [0.2, 0.25) is 0 Å². The van der Waals surface area contributed by atoms with E-state index in [4.69, 9.17) is 5.73 Å². The van der Waals surface area contributed by atoms with Gasteiger partial charge in [-0.25, -0.2) is 0 Å². The molecule has 0 bridgehead atoms. The van der Waals surface area contributed by atoms with E-state index in [1.807, 2.05) is 49.1 Å². The lowest BCUT2D eigenvalue weighted by molar-refractivity contribution is -0.384. The minimum Gasteiger partial charge on any atom is -0.384 e. The second kappa shape index (κ2) is 7.40.